The van der Waals surface area contributed by atoms with Gasteiger partial charge in [-0.25, -0.2) is 0 Å². The number of carbonyl (C=O) groups excluding carboxylic acids is 3. The first-order valence-electron chi connectivity index (χ1n) is 11.3. The molecule has 0 spiro atoms. The SMILES string of the molecule is COc1cc([C@H]2[C@@H](N3C(=O)c4c(Cl)c(Cl)c(Cl)c(Cl)c4C3=O)C(=O)N2c2cc(Cl)cc(Cl)c2)cc(OC)c1OC. The molecule has 0 unspecified atom stereocenters. The van der Waals surface area contributed by atoms with Crippen LogP contribution in [-0.4, -0.2) is 50.0 Å². The third kappa shape index (κ3) is 4.24. The maximum atomic E-state index is 13.8. The van der Waals surface area contributed by atoms with E-state index in [2.05, 4.69) is 0 Å². The van der Waals surface area contributed by atoms with Gasteiger partial charge in [-0.1, -0.05) is 69.6 Å². The normalized spacial score (nSPS) is 18.2. The largest absolute Gasteiger partial charge is 0.493 e. The van der Waals surface area contributed by atoms with Crippen molar-refractivity contribution in [3.63, 3.8) is 0 Å². The van der Waals surface area contributed by atoms with Crippen LogP contribution >= 0.6 is 69.6 Å². The molecule has 0 bridgehead atoms. The molecule has 40 heavy (non-hydrogen) atoms. The minimum absolute atomic E-state index is 0.189. The third-order valence-corrected chi connectivity index (χ3v) is 8.87. The highest BCUT2D eigenvalue weighted by Crippen LogP contribution is 2.51. The first kappa shape index (κ1) is 28.9. The summed E-state index contributed by atoms with van der Waals surface area (Å²) in [5, 5.41) is -0.335. The van der Waals surface area contributed by atoms with Crippen LogP contribution in [0, 0.1) is 0 Å². The molecule has 208 valence electrons. The summed E-state index contributed by atoms with van der Waals surface area (Å²) in [6.45, 7) is 0. The van der Waals surface area contributed by atoms with E-state index in [1.54, 1.807) is 12.1 Å². The van der Waals surface area contributed by atoms with Crippen molar-refractivity contribution in [3.05, 3.63) is 77.2 Å². The number of halogens is 6. The van der Waals surface area contributed by atoms with E-state index in [0.717, 1.165) is 4.90 Å². The molecule has 0 aliphatic carbocycles. The number of β-lactam (4-membered cyclic amide) rings is 1. The number of rotatable bonds is 6. The number of anilines is 1. The van der Waals surface area contributed by atoms with Gasteiger partial charge in [0.2, 0.25) is 5.75 Å². The van der Waals surface area contributed by atoms with E-state index >= 15 is 0 Å². The molecular formula is C26H16Cl6N2O6. The number of benzene rings is 3. The Morgan fingerprint density at radius 3 is 1.50 bits per heavy atom. The second-order valence-corrected chi connectivity index (χ2v) is 11.1. The van der Waals surface area contributed by atoms with E-state index in [9.17, 15) is 14.4 Å². The summed E-state index contributed by atoms with van der Waals surface area (Å²) in [7, 11) is 4.31. The summed E-state index contributed by atoms with van der Waals surface area (Å²) >= 11 is 37.4. The standard InChI is InChI=1S/C26H16Cl6N2O6/c1-38-13-4-9(5-14(39-2)23(13)40-3)21-22(26(37)33(21)12-7-10(27)6-11(28)8-12)34-24(35)15-16(25(34)36)18(30)20(32)19(31)17(15)29/h4-8,21-22H,1-3H3/t21-,22+/m0/s1. The molecule has 5 rings (SSSR count). The molecule has 2 aliphatic rings. The number of hydrogen-bond acceptors (Lipinski definition) is 6. The van der Waals surface area contributed by atoms with Gasteiger partial charge in [0.25, 0.3) is 17.7 Å². The lowest BCUT2D eigenvalue weighted by atomic mass is 9.86. The first-order chi connectivity index (χ1) is 19.0. The molecule has 0 aromatic heterocycles. The van der Waals surface area contributed by atoms with Crippen LogP contribution < -0.4 is 19.1 Å². The lowest BCUT2D eigenvalue weighted by molar-refractivity contribution is -0.130. The second kappa shape index (κ2) is 10.7. The number of fused-ring (bicyclic) bond motifs is 1. The fourth-order valence-electron chi connectivity index (χ4n) is 4.91. The van der Waals surface area contributed by atoms with Crippen LogP contribution in [-0.2, 0) is 4.79 Å². The van der Waals surface area contributed by atoms with Gasteiger partial charge in [0, 0.05) is 15.7 Å². The highest BCUT2D eigenvalue weighted by molar-refractivity contribution is 6.55. The van der Waals surface area contributed by atoms with Gasteiger partial charge in [-0.15, -0.1) is 0 Å². The van der Waals surface area contributed by atoms with E-state index in [-0.39, 0.29) is 52.8 Å². The van der Waals surface area contributed by atoms with E-state index in [4.69, 9.17) is 83.8 Å². The van der Waals surface area contributed by atoms with Crippen molar-refractivity contribution in [1.29, 1.82) is 0 Å². The zero-order valence-corrected chi connectivity index (χ0v) is 25.2. The fourth-order valence-corrected chi connectivity index (χ4v) is 6.44. The predicted molar refractivity (Wildman–Crippen MR) is 154 cm³/mol. The second-order valence-electron chi connectivity index (χ2n) is 8.67. The van der Waals surface area contributed by atoms with Crippen molar-refractivity contribution in [3.8, 4) is 17.2 Å². The molecular weight excluding hydrogens is 649 g/mol. The lowest BCUT2D eigenvalue weighted by Gasteiger charge is -2.50. The van der Waals surface area contributed by atoms with Crippen LogP contribution in [0.25, 0.3) is 0 Å². The maximum Gasteiger partial charge on any atom is 0.264 e. The Labute approximate surface area is 258 Å². The van der Waals surface area contributed by atoms with Gasteiger partial charge in [-0.2, -0.15) is 0 Å². The Kier molecular flexibility index (Phi) is 7.72. The molecule has 2 aliphatic heterocycles. The number of amides is 3. The molecule has 1 saturated heterocycles. The quantitative estimate of drug-likeness (QED) is 0.118. The summed E-state index contributed by atoms with van der Waals surface area (Å²) in [4.78, 5) is 43.3. The number of hydrogen-bond donors (Lipinski definition) is 0. The number of nitrogens with zero attached hydrogens (tertiary/aromatic N) is 2. The van der Waals surface area contributed by atoms with Gasteiger partial charge >= 0.3 is 0 Å². The Morgan fingerprint density at radius 1 is 0.600 bits per heavy atom. The number of ether oxygens (including phenoxy) is 3. The van der Waals surface area contributed by atoms with Crippen molar-refractivity contribution in [2.24, 2.45) is 0 Å². The molecule has 2 heterocycles. The van der Waals surface area contributed by atoms with E-state index in [0.29, 0.717) is 17.0 Å². The molecule has 0 radical (unpaired) electrons. The number of carbonyl (C=O) groups is 3. The van der Waals surface area contributed by atoms with Gasteiger partial charge in [0.1, 0.15) is 6.04 Å². The highest BCUT2D eigenvalue weighted by atomic mass is 35.5. The molecule has 3 aromatic carbocycles. The molecule has 14 heteroatoms. The highest BCUT2D eigenvalue weighted by Gasteiger charge is 2.58. The van der Waals surface area contributed by atoms with Crippen LogP contribution in [0.15, 0.2) is 30.3 Å². The Hall–Kier alpha value is -2.59. The third-order valence-electron chi connectivity index (χ3n) is 6.63. The van der Waals surface area contributed by atoms with Crippen molar-refractivity contribution in [2.45, 2.75) is 12.1 Å². The molecule has 2 atom stereocenters. The van der Waals surface area contributed by atoms with Gasteiger partial charge in [0.05, 0.1) is 58.6 Å². The van der Waals surface area contributed by atoms with Crippen molar-refractivity contribution >= 4 is 93.0 Å². The topological polar surface area (TPSA) is 85.4 Å². The molecule has 0 N–H and O–H groups in total. The van der Waals surface area contributed by atoms with Crippen LogP contribution in [0.4, 0.5) is 5.69 Å². The van der Waals surface area contributed by atoms with E-state index in [1.165, 1.54) is 44.4 Å². The van der Waals surface area contributed by atoms with Gasteiger partial charge < -0.3 is 19.1 Å². The van der Waals surface area contributed by atoms with E-state index < -0.39 is 29.8 Å². The van der Waals surface area contributed by atoms with Gasteiger partial charge in [0.15, 0.2) is 11.5 Å². The first-order valence-corrected chi connectivity index (χ1v) is 13.6. The van der Waals surface area contributed by atoms with Crippen LogP contribution in [0.2, 0.25) is 30.1 Å². The van der Waals surface area contributed by atoms with Crippen molar-refractivity contribution in [2.75, 3.05) is 26.2 Å². The molecule has 3 aromatic rings. The summed E-state index contributed by atoms with van der Waals surface area (Å²) < 4.78 is 16.4. The summed E-state index contributed by atoms with van der Waals surface area (Å²) in [5.41, 5.74) is 0.287. The maximum absolute atomic E-state index is 13.8. The fraction of sp³-hybridized carbons (Fsp3) is 0.192. The van der Waals surface area contributed by atoms with E-state index in [1.807, 2.05) is 0 Å². The molecule has 0 saturated carbocycles. The molecule has 3 amide bonds. The van der Waals surface area contributed by atoms with Crippen LogP contribution in [0.5, 0.6) is 17.2 Å². The summed E-state index contributed by atoms with van der Waals surface area (Å²) in [6, 6.07) is 5.50. The molecule has 8 nitrogen and oxygen atoms in total. The minimum atomic E-state index is -1.34. The Morgan fingerprint density at radius 2 is 1.07 bits per heavy atom. The van der Waals surface area contributed by atoms with Crippen molar-refractivity contribution < 1.29 is 28.6 Å². The summed E-state index contributed by atoms with van der Waals surface area (Å²) in [6.07, 6.45) is 0. The van der Waals surface area contributed by atoms with Crippen LogP contribution in [0.3, 0.4) is 0 Å². The zero-order chi connectivity index (χ0) is 29.2. The minimum Gasteiger partial charge on any atom is -0.493 e. The average molecular weight is 665 g/mol. The number of imide groups is 1. The smallest absolute Gasteiger partial charge is 0.264 e. The van der Waals surface area contributed by atoms with Gasteiger partial charge in [-0.3, -0.25) is 19.3 Å². The average Bonchev–Trinajstić information content (AvgIpc) is 3.17. The predicted octanol–water partition coefficient (Wildman–Crippen LogP) is 7.39. The lowest BCUT2D eigenvalue weighted by Crippen LogP contribution is -2.67. The monoisotopic (exact) mass is 662 g/mol. The van der Waals surface area contributed by atoms with Gasteiger partial charge in [-0.05, 0) is 35.9 Å². The van der Waals surface area contributed by atoms with Crippen LogP contribution in [0.1, 0.15) is 32.3 Å². The zero-order valence-electron chi connectivity index (χ0n) is 20.7. The molecule has 1 fully saturated rings. The Balaban J connectivity index is 1.70. The summed E-state index contributed by atoms with van der Waals surface area (Å²) in [5.74, 6) is -1.44. The van der Waals surface area contributed by atoms with Crippen molar-refractivity contribution in [1.82, 2.24) is 4.90 Å². The Bertz CT molecular complexity index is 1540. The number of methoxy groups -OCH3 is 3.